The highest BCUT2D eigenvalue weighted by Gasteiger charge is 2.47. The number of carbonyl (C=O) groups excluding carboxylic acids is 3. The molecule has 3 atom stereocenters. The highest BCUT2D eigenvalue weighted by Crippen LogP contribution is 2.46. The molecule has 1 heterocycles. The Morgan fingerprint density at radius 2 is 1.70 bits per heavy atom. The molecule has 1 aliphatic rings. The summed E-state index contributed by atoms with van der Waals surface area (Å²) in [4.78, 5) is 40.9. The third-order valence-corrected chi connectivity index (χ3v) is 7.67. The molecule has 3 rings (SSSR count). The molecule has 1 fully saturated rings. The maximum Gasteiger partial charge on any atom is 0.266 e. The van der Waals surface area contributed by atoms with Crippen LogP contribution in [0.2, 0.25) is 0 Å². The summed E-state index contributed by atoms with van der Waals surface area (Å²) in [5, 5.41) is 11.2. The number of nitrogens with zero attached hydrogens (tertiary/aromatic N) is 1. The second-order valence-electron chi connectivity index (χ2n) is 10.5. The maximum atomic E-state index is 13.8. The fraction of sp³-hybridized carbons (Fsp3) is 0.483. The first-order valence-electron chi connectivity index (χ1n) is 13.2. The molecule has 10 nitrogen and oxygen atoms in total. The molecule has 11 heteroatoms. The molecule has 3 amide bonds. The minimum Gasteiger partial charge on any atom is -0.497 e. The average molecular weight is 574 g/mol. The van der Waals surface area contributed by atoms with E-state index in [0.717, 1.165) is 11.1 Å². The van der Waals surface area contributed by atoms with Crippen LogP contribution in [0.4, 0.5) is 0 Å². The lowest BCUT2D eigenvalue weighted by Crippen LogP contribution is -2.50. The minimum atomic E-state index is -1.03. The zero-order chi connectivity index (χ0) is 29.3. The van der Waals surface area contributed by atoms with Crippen LogP contribution in [0.3, 0.4) is 0 Å². The van der Waals surface area contributed by atoms with Gasteiger partial charge in [-0.2, -0.15) is 0 Å². The number of hydroxylamine groups is 1. The van der Waals surface area contributed by atoms with Gasteiger partial charge in [-0.15, -0.1) is 11.8 Å². The van der Waals surface area contributed by atoms with E-state index in [1.54, 1.807) is 31.8 Å². The van der Waals surface area contributed by atoms with Gasteiger partial charge in [-0.3, -0.25) is 19.6 Å². The van der Waals surface area contributed by atoms with Crippen molar-refractivity contribution in [1.29, 1.82) is 0 Å². The number of benzene rings is 2. The molecule has 0 aliphatic carbocycles. The summed E-state index contributed by atoms with van der Waals surface area (Å²) in [6.07, 6.45) is 0.774. The number of thioether (sulfide) groups is 1. The lowest BCUT2D eigenvalue weighted by molar-refractivity contribution is -0.144. The first-order chi connectivity index (χ1) is 19.1. The van der Waals surface area contributed by atoms with Crippen LogP contribution in [0.25, 0.3) is 0 Å². The average Bonchev–Trinajstić information content (AvgIpc) is 3.24. The van der Waals surface area contributed by atoms with E-state index in [4.69, 9.17) is 14.2 Å². The summed E-state index contributed by atoms with van der Waals surface area (Å²) in [7, 11) is 3.16. The predicted octanol–water partition coefficient (Wildman–Crippen LogP) is 3.47. The van der Waals surface area contributed by atoms with Crippen molar-refractivity contribution in [3.8, 4) is 11.5 Å². The summed E-state index contributed by atoms with van der Waals surface area (Å²) in [6, 6.07) is 13.5. The molecule has 218 valence electrons. The van der Waals surface area contributed by atoms with Gasteiger partial charge in [-0.05, 0) is 62.6 Å². The van der Waals surface area contributed by atoms with Gasteiger partial charge in [0.25, 0.3) is 5.91 Å². The molecule has 0 saturated carbocycles. The number of hydrogen-bond donors (Lipinski definition) is 3. The van der Waals surface area contributed by atoms with Crippen molar-refractivity contribution in [2.75, 3.05) is 27.4 Å². The van der Waals surface area contributed by atoms with E-state index in [-0.39, 0.29) is 30.3 Å². The summed E-state index contributed by atoms with van der Waals surface area (Å²) in [6.45, 7) is 6.82. The Morgan fingerprint density at radius 3 is 2.27 bits per heavy atom. The quantitative estimate of drug-likeness (QED) is 0.189. The van der Waals surface area contributed by atoms with Crippen LogP contribution in [-0.2, 0) is 25.5 Å². The van der Waals surface area contributed by atoms with E-state index in [9.17, 15) is 19.6 Å². The van der Waals surface area contributed by atoms with Gasteiger partial charge in [-0.1, -0.05) is 24.3 Å². The lowest BCUT2D eigenvalue weighted by Gasteiger charge is -2.31. The molecule has 0 aromatic heterocycles. The van der Waals surface area contributed by atoms with Gasteiger partial charge in [-0.25, -0.2) is 5.48 Å². The Bertz CT molecular complexity index is 1140. The Labute approximate surface area is 239 Å². The van der Waals surface area contributed by atoms with E-state index < -0.39 is 22.6 Å². The van der Waals surface area contributed by atoms with Gasteiger partial charge < -0.3 is 24.4 Å². The predicted molar refractivity (Wildman–Crippen MR) is 152 cm³/mol. The summed E-state index contributed by atoms with van der Waals surface area (Å²) >= 11 is 1.31. The number of hydrogen-bond acceptors (Lipinski definition) is 8. The Morgan fingerprint density at radius 1 is 1.05 bits per heavy atom. The third kappa shape index (κ3) is 8.61. The van der Waals surface area contributed by atoms with Crippen molar-refractivity contribution in [2.45, 2.75) is 62.3 Å². The van der Waals surface area contributed by atoms with Crippen LogP contribution >= 0.6 is 11.8 Å². The van der Waals surface area contributed by atoms with Crippen LogP contribution in [0.1, 0.15) is 50.1 Å². The smallest absolute Gasteiger partial charge is 0.266 e. The van der Waals surface area contributed by atoms with Crippen LogP contribution in [0, 0.1) is 0 Å². The van der Waals surface area contributed by atoms with Crippen molar-refractivity contribution >= 4 is 29.5 Å². The molecule has 0 radical (unpaired) electrons. The van der Waals surface area contributed by atoms with E-state index in [1.165, 1.54) is 16.7 Å². The highest BCUT2D eigenvalue weighted by atomic mass is 32.2. The number of rotatable bonds is 13. The van der Waals surface area contributed by atoms with E-state index in [2.05, 4.69) is 5.32 Å². The molecule has 3 unspecified atom stereocenters. The second-order valence-corrected chi connectivity index (χ2v) is 11.7. The molecule has 3 N–H and O–H groups in total. The molecule has 2 aromatic carbocycles. The van der Waals surface area contributed by atoms with Crippen molar-refractivity contribution in [2.24, 2.45) is 0 Å². The van der Waals surface area contributed by atoms with E-state index in [0.29, 0.717) is 31.1 Å². The number of carbonyl (C=O) groups is 3. The fourth-order valence-corrected chi connectivity index (χ4v) is 5.86. The van der Waals surface area contributed by atoms with Gasteiger partial charge in [0.1, 0.15) is 28.5 Å². The van der Waals surface area contributed by atoms with Crippen LogP contribution in [0.15, 0.2) is 48.5 Å². The number of methoxy groups -OCH3 is 2. The van der Waals surface area contributed by atoms with Crippen molar-refractivity contribution in [3.05, 3.63) is 59.7 Å². The van der Waals surface area contributed by atoms with Gasteiger partial charge in [0.15, 0.2) is 0 Å². The molecule has 1 aliphatic heterocycles. The molecular weight excluding hydrogens is 534 g/mol. The molecule has 1 saturated heterocycles. The van der Waals surface area contributed by atoms with Crippen LogP contribution in [-0.4, -0.2) is 72.1 Å². The zero-order valence-corrected chi connectivity index (χ0v) is 24.5. The zero-order valence-electron chi connectivity index (χ0n) is 23.6. The number of nitrogens with one attached hydrogen (secondary N) is 2. The first kappa shape index (κ1) is 31.3. The van der Waals surface area contributed by atoms with Crippen molar-refractivity contribution in [3.63, 3.8) is 0 Å². The lowest BCUT2D eigenvalue weighted by atomic mass is 10.0. The van der Waals surface area contributed by atoms with E-state index >= 15 is 0 Å². The molecular formula is C29H39N3O7S. The van der Waals surface area contributed by atoms with Crippen LogP contribution in [0.5, 0.6) is 11.5 Å². The van der Waals surface area contributed by atoms with E-state index in [1.807, 2.05) is 57.2 Å². The Kier molecular flexibility index (Phi) is 11.2. The van der Waals surface area contributed by atoms with Gasteiger partial charge in [0, 0.05) is 33.1 Å². The fourth-order valence-electron chi connectivity index (χ4n) is 4.37. The molecule has 0 spiro atoms. The largest absolute Gasteiger partial charge is 0.497 e. The summed E-state index contributed by atoms with van der Waals surface area (Å²) < 4.78 is 16.2. The van der Waals surface area contributed by atoms with Crippen molar-refractivity contribution < 1.29 is 33.8 Å². The standard InChI is InChI=1S/C29H39N3O7S/c1-29(2,3)39-22-11-7-19(8-12-22)17-23(26(34)31-36)32-27(35)24(18-25(33)30-15-6-16-37-4)40-28(32)20-9-13-21(38-5)14-10-20/h7-14,23-24,28,36H,6,15-18H2,1-5H3,(H,30,33)(H,31,34). The van der Waals surface area contributed by atoms with Crippen LogP contribution < -0.4 is 20.3 Å². The first-order valence-corrected chi connectivity index (χ1v) is 14.1. The third-order valence-electron chi connectivity index (χ3n) is 6.22. The number of ether oxygens (including phenoxy) is 3. The normalized spacial score (nSPS) is 17.9. The molecule has 0 bridgehead atoms. The molecule has 2 aromatic rings. The topological polar surface area (TPSA) is 126 Å². The minimum absolute atomic E-state index is 0.0358. The maximum absolute atomic E-state index is 13.8. The highest BCUT2D eigenvalue weighted by molar-refractivity contribution is 8.01. The van der Waals surface area contributed by atoms with Crippen molar-refractivity contribution in [1.82, 2.24) is 15.7 Å². The van der Waals surface area contributed by atoms with Gasteiger partial charge in [0.2, 0.25) is 11.8 Å². The van der Waals surface area contributed by atoms with Gasteiger partial charge in [0.05, 0.1) is 12.4 Å². The Balaban J connectivity index is 1.88. The molecule has 40 heavy (non-hydrogen) atoms. The summed E-state index contributed by atoms with van der Waals surface area (Å²) in [5.41, 5.74) is 2.92. The monoisotopic (exact) mass is 573 g/mol. The van der Waals surface area contributed by atoms with Gasteiger partial charge >= 0.3 is 0 Å². The SMILES string of the molecule is COCCCNC(=O)CC1SC(c2ccc(OC)cc2)N(C(Cc2ccc(OC(C)(C)C)cc2)C(=O)NO)C1=O. The Hall–Kier alpha value is -3.28. The number of amides is 3. The summed E-state index contributed by atoms with van der Waals surface area (Å²) in [5.74, 6) is 0.0138. The second kappa shape index (κ2) is 14.4.